The molecule has 0 aliphatic carbocycles. The quantitative estimate of drug-likeness (QED) is 0.684. The van der Waals surface area contributed by atoms with Crippen LogP contribution in [0.2, 0.25) is 5.02 Å². The van der Waals surface area contributed by atoms with Crippen LogP contribution in [0.3, 0.4) is 0 Å². The molecule has 4 rings (SSSR count). The Bertz CT molecular complexity index is 970. The highest BCUT2D eigenvalue weighted by molar-refractivity contribution is 6.30. The summed E-state index contributed by atoms with van der Waals surface area (Å²) in [6.07, 6.45) is 2.28. The minimum atomic E-state index is -0.327. The van der Waals surface area contributed by atoms with E-state index in [4.69, 9.17) is 16.3 Å². The highest BCUT2D eigenvalue weighted by Crippen LogP contribution is 2.40. The van der Waals surface area contributed by atoms with Crippen LogP contribution in [0.4, 0.5) is 4.39 Å². The summed E-state index contributed by atoms with van der Waals surface area (Å²) in [5.41, 5.74) is 2.53. The van der Waals surface area contributed by atoms with E-state index in [-0.39, 0.29) is 29.3 Å². The fraction of sp³-hybridized carbons (Fsp3) is 0.480. The first-order valence-electron chi connectivity index (χ1n) is 11.0. The van der Waals surface area contributed by atoms with Crippen molar-refractivity contribution in [3.05, 3.63) is 63.9 Å². The van der Waals surface area contributed by atoms with E-state index in [2.05, 4.69) is 37.1 Å². The number of hydrogen-bond donors (Lipinski definition) is 1. The van der Waals surface area contributed by atoms with Gasteiger partial charge in [0, 0.05) is 35.0 Å². The molecule has 2 aromatic rings. The second-order valence-corrected chi connectivity index (χ2v) is 9.89. The molecule has 1 N–H and O–H groups in total. The van der Waals surface area contributed by atoms with Gasteiger partial charge in [-0.15, -0.1) is 0 Å². The number of likely N-dealkylation sites (tertiary alicyclic amines) is 1. The van der Waals surface area contributed by atoms with Crippen molar-refractivity contribution in [2.24, 2.45) is 5.92 Å². The molecule has 0 aromatic heterocycles. The van der Waals surface area contributed by atoms with Crippen molar-refractivity contribution in [2.75, 3.05) is 13.1 Å². The smallest absolute Gasteiger partial charge is 0.223 e. The molecule has 0 saturated carbocycles. The third kappa shape index (κ3) is 5.21. The molecule has 2 aliphatic rings. The van der Waals surface area contributed by atoms with E-state index in [1.807, 2.05) is 12.1 Å². The first-order chi connectivity index (χ1) is 14.7. The van der Waals surface area contributed by atoms with Crippen molar-refractivity contribution in [2.45, 2.75) is 58.2 Å². The topological polar surface area (TPSA) is 41.6 Å². The van der Waals surface area contributed by atoms with Gasteiger partial charge in [-0.2, -0.15) is 0 Å². The van der Waals surface area contributed by atoms with Crippen LogP contribution >= 0.6 is 11.6 Å². The van der Waals surface area contributed by atoms with E-state index in [0.29, 0.717) is 17.1 Å². The molecule has 2 aromatic carbocycles. The van der Waals surface area contributed by atoms with Crippen molar-refractivity contribution in [3.8, 4) is 5.75 Å². The Labute approximate surface area is 188 Å². The molecular formula is C25H30ClFN2O2. The summed E-state index contributed by atoms with van der Waals surface area (Å²) in [6, 6.07) is 10.9. The van der Waals surface area contributed by atoms with E-state index >= 15 is 0 Å². The SMILES string of the molecule is Cc1ccc2c(c1)C(NC(=O)C1CCN(Cc3ccc(Cl)cc3F)CC1)CC(C)(C)O2. The Hall–Kier alpha value is -2.11. The number of ether oxygens (including phenoxy) is 1. The van der Waals surface area contributed by atoms with Crippen molar-refractivity contribution in [1.29, 1.82) is 0 Å². The van der Waals surface area contributed by atoms with Crippen molar-refractivity contribution in [3.63, 3.8) is 0 Å². The number of benzene rings is 2. The third-order valence-electron chi connectivity index (χ3n) is 6.31. The number of nitrogens with zero attached hydrogens (tertiary/aromatic N) is 1. The van der Waals surface area contributed by atoms with Crippen LogP contribution in [0.15, 0.2) is 36.4 Å². The van der Waals surface area contributed by atoms with Crippen LogP contribution < -0.4 is 10.1 Å². The Balaban J connectivity index is 1.37. The molecule has 2 aliphatic heterocycles. The molecule has 1 unspecified atom stereocenters. The summed E-state index contributed by atoms with van der Waals surface area (Å²) >= 11 is 5.85. The fourth-order valence-corrected chi connectivity index (χ4v) is 4.80. The maximum Gasteiger partial charge on any atom is 0.223 e. The Morgan fingerprint density at radius 2 is 1.97 bits per heavy atom. The van der Waals surface area contributed by atoms with E-state index in [0.717, 1.165) is 49.2 Å². The number of fused-ring (bicyclic) bond motifs is 1. The molecule has 6 heteroatoms. The molecule has 4 nitrogen and oxygen atoms in total. The number of aryl methyl sites for hydroxylation is 1. The minimum Gasteiger partial charge on any atom is -0.487 e. The molecular weight excluding hydrogens is 415 g/mol. The molecule has 0 spiro atoms. The monoisotopic (exact) mass is 444 g/mol. The third-order valence-corrected chi connectivity index (χ3v) is 6.54. The Kier molecular flexibility index (Phi) is 6.27. The lowest BCUT2D eigenvalue weighted by atomic mass is 9.88. The molecule has 0 radical (unpaired) electrons. The lowest BCUT2D eigenvalue weighted by Gasteiger charge is -2.39. The van der Waals surface area contributed by atoms with Gasteiger partial charge >= 0.3 is 0 Å². The van der Waals surface area contributed by atoms with Gasteiger partial charge in [-0.05, 0) is 64.9 Å². The predicted molar refractivity (Wildman–Crippen MR) is 121 cm³/mol. The Morgan fingerprint density at radius 3 is 2.68 bits per heavy atom. The maximum absolute atomic E-state index is 14.1. The second-order valence-electron chi connectivity index (χ2n) is 9.45. The standard InChI is InChI=1S/C25H30ClFN2O2/c1-16-4-7-23-20(12-16)22(14-25(2,3)31-23)28-24(30)17-8-10-29(11-9-17)15-18-5-6-19(26)13-21(18)27/h4-7,12-13,17,22H,8-11,14-15H2,1-3H3,(H,28,30). The van der Waals surface area contributed by atoms with Gasteiger partial charge in [-0.25, -0.2) is 4.39 Å². The molecule has 166 valence electrons. The number of carbonyl (C=O) groups is 1. The average Bonchev–Trinajstić information content (AvgIpc) is 2.70. The summed E-state index contributed by atoms with van der Waals surface area (Å²) in [5.74, 6) is 0.661. The first kappa shape index (κ1) is 22.1. The van der Waals surface area contributed by atoms with Crippen molar-refractivity contribution in [1.82, 2.24) is 10.2 Å². The van der Waals surface area contributed by atoms with Gasteiger partial charge in [0.2, 0.25) is 5.91 Å². The average molecular weight is 445 g/mol. The second kappa shape index (κ2) is 8.79. The number of hydrogen-bond acceptors (Lipinski definition) is 3. The van der Waals surface area contributed by atoms with E-state index in [1.54, 1.807) is 12.1 Å². The van der Waals surface area contributed by atoms with E-state index in [1.165, 1.54) is 6.07 Å². The summed E-state index contributed by atoms with van der Waals surface area (Å²) in [6.45, 7) is 8.26. The summed E-state index contributed by atoms with van der Waals surface area (Å²) in [4.78, 5) is 15.3. The van der Waals surface area contributed by atoms with Gasteiger partial charge in [0.25, 0.3) is 0 Å². The predicted octanol–water partition coefficient (Wildman–Crippen LogP) is 5.42. The number of carbonyl (C=O) groups excluding carboxylic acids is 1. The molecule has 1 amide bonds. The highest BCUT2D eigenvalue weighted by atomic mass is 35.5. The van der Waals surface area contributed by atoms with Gasteiger partial charge in [0.05, 0.1) is 6.04 Å². The van der Waals surface area contributed by atoms with Gasteiger partial charge in [0.15, 0.2) is 0 Å². The lowest BCUT2D eigenvalue weighted by Crippen LogP contribution is -2.45. The van der Waals surface area contributed by atoms with Gasteiger partial charge < -0.3 is 10.1 Å². The normalized spacial score (nSPS) is 21.3. The maximum atomic E-state index is 14.1. The Morgan fingerprint density at radius 1 is 1.23 bits per heavy atom. The summed E-state index contributed by atoms with van der Waals surface area (Å²) < 4.78 is 20.2. The van der Waals surface area contributed by atoms with Crippen LogP contribution in [0.1, 0.15) is 55.8 Å². The summed E-state index contributed by atoms with van der Waals surface area (Å²) in [5, 5.41) is 3.70. The van der Waals surface area contributed by atoms with Crippen LogP contribution in [-0.4, -0.2) is 29.5 Å². The largest absolute Gasteiger partial charge is 0.487 e. The number of halogens is 2. The van der Waals surface area contributed by atoms with Crippen LogP contribution in [0.25, 0.3) is 0 Å². The molecule has 0 bridgehead atoms. The number of rotatable bonds is 4. The van der Waals surface area contributed by atoms with Gasteiger partial charge in [-0.1, -0.05) is 35.4 Å². The summed E-state index contributed by atoms with van der Waals surface area (Å²) in [7, 11) is 0. The van der Waals surface area contributed by atoms with Crippen LogP contribution in [0, 0.1) is 18.7 Å². The molecule has 31 heavy (non-hydrogen) atoms. The van der Waals surface area contributed by atoms with Crippen LogP contribution in [0.5, 0.6) is 5.75 Å². The zero-order valence-corrected chi connectivity index (χ0v) is 19.1. The van der Waals surface area contributed by atoms with Crippen molar-refractivity contribution >= 4 is 17.5 Å². The van der Waals surface area contributed by atoms with Gasteiger partial charge in [-0.3, -0.25) is 9.69 Å². The van der Waals surface area contributed by atoms with Crippen LogP contribution in [-0.2, 0) is 11.3 Å². The minimum absolute atomic E-state index is 0.0227. The van der Waals surface area contributed by atoms with Gasteiger partial charge in [0.1, 0.15) is 17.2 Å². The zero-order chi connectivity index (χ0) is 22.2. The number of piperidine rings is 1. The zero-order valence-electron chi connectivity index (χ0n) is 18.4. The fourth-order valence-electron chi connectivity index (χ4n) is 4.64. The lowest BCUT2D eigenvalue weighted by molar-refractivity contribution is -0.127. The first-order valence-corrected chi connectivity index (χ1v) is 11.3. The molecule has 1 fully saturated rings. The number of nitrogens with one attached hydrogen (secondary N) is 1. The van der Waals surface area contributed by atoms with E-state index in [9.17, 15) is 9.18 Å². The van der Waals surface area contributed by atoms with Crippen molar-refractivity contribution < 1.29 is 13.9 Å². The number of amides is 1. The highest BCUT2D eigenvalue weighted by Gasteiger charge is 2.36. The molecule has 1 saturated heterocycles. The molecule has 2 heterocycles. The molecule has 1 atom stereocenters. The van der Waals surface area contributed by atoms with E-state index < -0.39 is 0 Å².